The van der Waals surface area contributed by atoms with E-state index >= 15 is 0 Å². The highest BCUT2D eigenvalue weighted by Crippen LogP contribution is 2.39. The second-order valence-corrected chi connectivity index (χ2v) is 9.38. The fourth-order valence-corrected chi connectivity index (χ4v) is 5.08. The number of Topliss-reactive ketones (excluding diaryl/α,β-unsaturated/α-hetero) is 1. The van der Waals surface area contributed by atoms with E-state index in [1.54, 1.807) is 43.3 Å². The molecule has 0 radical (unpaired) electrons. The van der Waals surface area contributed by atoms with Crippen LogP contribution in [0.1, 0.15) is 28.4 Å². The summed E-state index contributed by atoms with van der Waals surface area (Å²) in [6.07, 6.45) is 1.37. The van der Waals surface area contributed by atoms with Crippen molar-refractivity contribution in [2.45, 2.75) is 30.4 Å². The maximum atomic E-state index is 13.1. The lowest BCUT2D eigenvalue weighted by molar-refractivity contribution is -0.115. The van der Waals surface area contributed by atoms with Crippen molar-refractivity contribution < 1.29 is 28.6 Å². The molecule has 3 heterocycles. The molecule has 0 spiro atoms. The summed E-state index contributed by atoms with van der Waals surface area (Å²) in [4.78, 5) is 37.5. The van der Waals surface area contributed by atoms with E-state index in [4.69, 9.17) is 9.47 Å². The van der Waals surface area contributed by atoms with Crippen molar-refractivity contribution in [3.63, 3.8) is 0 Å². The Balaban J connectivity index is 1.31. The van der Waals surface area contributed by atoms with E-state index in [2.05, 4.69) is 9.73 Å². The van der Waals surface area contributed by atoms with Gasteiger partial charge < -0.3 is 24.3 Å². The predicted molar refractivity (Wildman–Crippen MR) is 120 cm³/mol. The zero-order chi connectivity index (χ0) is 23.1. The molecule has 0 unspecified atom stereocenters. The summed E-state index contributed by atoms with van der Waals surface area (Å²) >= 11 is 1.33. The second kappa shape index (κ2) is 8.36. The highest BCUT2D eigenvalue weighted by atomic mass is 32.2. The summed E-state index contributed by atoms with van der Waals surface area (Å²) in [7, 11) is 0. The summed E-state index contributed by atoms with van der Waals surface area (Å²) in [5.41, 5.74) is 2.67. The van der Waals surface area contributed by atoms with Gasteiger partial charge in [-0.2, -0.15) is 0 Å². The number of fused-ring (bicyclic) bond motifs is 2. The number of hydrogen-bond donors (Lipinski definition) is 2. The number of oxazole rings is 1. The van der Waals surface area contributed by atoms with Crippen LogP contribution in [0.15, 0.2) is 51.9 Å². The van der Waals surface area contributed by atoms with Crippen LogP contribution < -0.4 is 20.5 Å². The first kappa shape index (κ1) is 21.2. The number of hydrogen-bond acceptors (Lipinski definition) is 8. The van der Waals surface area contributed by atoms with E-state index in [0.29, 0.717) is 29.2 Å². The van der Waals surface area contributed by atoms with E-state index in [9.17, 15) is 19.5 Å². The molecule has 1 amide bonds. The highest BCUT2D eigenvalue weighted by molar-refractivity contribution is 8.01. The van der Waals surface area contributed by atoms with Crippen molar-refractivity contribution in [1.29, 1.82) is 0 Å². The zero-order valence-electron chi connectivity index (χ0n) is 17.6. The molecule has 0 saturated carbocycles. The smallest absolute Gasteiger partial charge is 0.422 e. The quantitative estimate of drug-likeness (QED) is 0.600. The van der Waals surface area contributed by atoms with Gasteiger partial charge in [0.15, 0.2) is 23.5 Å². The average molecular weight is 468 g/mol. The Morgan fingerprint density at radius 3 is 2.61 bits per heavy atom. The number of rotatable bonds is 4. The first-order valence-corrected chi connectivity index (χ1v) is 11.2. The number of carbonyl (C=O) groups excluding carboxylic acids is 2. The SMILES string of the molecule is C[C@@H]1S[C@@H](C(=O)Nc2ccc(Cn3c(O)coc3=O)cc2)Cc2cc3c(cc2C1=O)OCO3. The van der Waals surface area contributed by atoms with Crippen molar-refractivity contribution in [2.24, 2.45) is 0 Å². The lowest BCUT2D eigenvalue weighted by Gasteiger charge is -2.16. The van der Waals surface area contributed by atoms with Gasteiger partial charge in [0.2, 0.25) is 18.6 Å². The van der Waals surface area contributed by atoms with Gasteiger partial charge >= 0.3 is 5.76 Å². The Bertz CT molecular complexity index is 1300. The molecule has 0 saturated heterocycles. The van der Waals surface area contributed by atoms with E-state index in [1.165, 1.54) is 11.8 Å². The molecule has 0 aliphatic carbocycles. The third kappa shape index (κ3) is 4.09. The van der Waals surface area contributed by atoms with Crippen molar-refractivity contribution in [1.82, 2.24) is 4.57 Å². The number of thioether (sulfide) groups is 1. The Kier molecular flexibility index (Phi) is 5.37. The molecule has 1 aromatic heterocycles. The molecule has 5 rings (SSSR count). The molecule has 0 bridgehead atoms. The lowest BCUT2D eigenvalue weighted by atomic mass is 9.97. The number of amides is 1. The van der Waals surface area contributed by atoms with Gasteiger partial charge in [-0.1, -0.05) is 12.1 Å². The van der Waals surface area contributed by atoms with E-state index in [0.717, 1.165) is 22.0 Å². The summed E-state index contributed by atoms with van der Waals surface area (Å²) in [5.74, 6) is -0.0182. The third-order valence-electron chi connectivity index (χ3n) is 5.62. The molecular formula is C23H20N2O7S. The molecule has 2 aliphatic heterocycles. The predicted octanol–water partition coefficient (Wildman–Crippen LogP) is 2.79. The number of aromatic hydroxyl groups is 1. The standard InChI is InChI=1S/C23H20N2O7S/c1-12-21(27)16-8-18-17(31-11-32-18)6-14(16)7-19(33-12)22(28)24-15-4-2-13(3-5-15)9-25-20(26)10-30-23(25)29/h2-6,8,10,12,19,26H,7,9,11H2,1H3,(H,24,28)/t12-,19+/m0/s1. The van der Waals surface area contributed by atoms with Crippen LogP contribution in [0, 0.1) is 0 Å². The van der Waals surface area contributed by atoms with Gasteiger partial charge in [0, 0.05) is 11.3 Å². The fourth-order valence-electron chi connectivity index (χ4n) is 3.88. The van der Waals surface area contributed by atoms with Crippen LogP contribution in [0.3, 0.4) is 0 Å². The number of ketones is 1. The number of aromatic nitrogens is 1. The van der Waals surface area contributed by atoms with Crippen molar-refractivity contribution in [2.75, 3.05) is 12.1 Å². The van der Waals surface area contributed by atoms with Gasteiger partial charge in [0.25, 0.3) is 0 Å². The van der Waals surface area contributed by atoms with Crippen LogP contribution in [0.5, 0.6) is 17.4 Å². The zero-order valence-corrected chi connectivity index (χ0v) is 18.4. The monoisotopic (exact) mass is 468 g/mol. The van der Waals surface area contributed by atoms with Crippen molar-refractivity contribution in [3.05, 3.63) is 69.9 Å². The van der Waals surface area contributed by atoms with Gasteiger partial charge in [-0.15, -0.1) is 11.8 Å². The van der Waals surface area contributed by atoms with Crippen LogP contribution in [0.4, 0.5) is 5.69 Å². The first-order chi connectivity index (χ1) is 15.9. The topological polar surface area (TPSA) is 120 Å². The van der Waals surface area contributed by atoms with Gasteiger partial charge in [0.1, 0.15) is 0 Å². The van der Waals surface area contributed by atoms with E-state index in [1.807, 2.05) is 0 Å². The Labute approximate surface area is 192 Å². The first-order valence-electron chi connectivity index (χ1n) is 10.3. The van der Waals surface area contributed by atoms with Crippen LogP contribution in [0.25, 0.3) is 0 Å². The minimum Gasteiger partial charge on any atom is -0.492 e. The molecule has 0 fully saturated rings. The minimum absolute atomic E-state index is 0.0364. The summed E-state index contributed by atoms with van der Waals surface area (Å²) in [5, 5.41) is 11.7. The van der Waals surface area contributed by atoms with Gasteiger partial charge in [-0.3, -0.25) is 9.59 Å². The molecule has 170 valence electrons. The second-order valence-electron chi connectivity index (χ2n) is 7.83. The minimum atomic E-state index is -0.651. The number of nitrogens with one attached hydrogen (secondary N) is 1. The number of anilines is 1. The normalized spacial score (nSPS) is 19.1. The Morgan fingerprint density at radius 2 is 1.91 bits per heavy atom. The molecule has 3 aromatic rings. The summed E-state index contributed by atoms with van der Waals surface area (Å²) in [6.45, 7) is 2.06. The Hall–Kier alpha value is -3.66. The van der Waals surface area contributed by atoms with E-state index in [-0.39, 0.29) is 36.2 Å². The maximum absolute atomic E-state index is 13.1. The van der Waals surface area contributed by atoms with Gasteiger partial charge in [-0.25, -0.2) is 9.36 Å². The maximum Gasteiger partial charge on any atom is 0.422 e. The number of carbonyl (C=O) groups is 2. The lowest BCUT2D eigenvalue weighted by Crippen LogP contribution is -2.28. The molecule has 2 atom stereocenters. The van der Waals surface area contributed by atoms with Crippen LogP contribution in [-0.4, -0.2) is 38.7 Å². The molecule has 2 N–H and O–H groups in total. The van der Waals surface area contributed by atoms with Crippen molar-refractivity contribution in [3.8, 4) is 17.4 Å². The number of benzene rings is 2. The average Bonchev–Trinajstić information content (AvgIpc) is 3.36. The van der Waals surface area contributed by atoms with E-state index < -0.39 is 11.0 Å². The number of nitrogens with zero attached hydrogens (tertiary/aromatic N) is 1. The van der Waals surface area contributed by atoms with Gasteiger partial charge in [-0.05, 0) is 48.7 Å². The Morgan fingerprint density at radius 1 is 1.18 bits per heavy atom. The molecule has 2 aliphatic rings. The summed E-state index contributed by atoms with van der Waals surface area (Å²) < 4.78 is 16.6. The molecule has 9 nitrogen and oxygen atoms in total. The molecule has 33 heavy (non-hydrogen) atoms. The van der Waals surface area contributed by atoms with Crippen molar-refractivity contribution >= 4 is 29.1 Å². The highest BCUT2D eigenvalue weighted by Gasteiger charge is 2.33. The molecule has 2 aromatic carbocycles. The van der Waals surface area contributed by atoms with Crippen LogP contribution >= 0.6 is 11.8 Å². The third-order valence-corrected chi connectivity index (χ3v) is 6.96. The fraction of sp³-hybridized carbons (Fsp3) is 0.261. The number of ether oxygens (including phenoxy) is 2. The molecular weight excluding hydrogens is 448 g/mol. The van der Waals surface area contributed by atoms with Crippen LogP contribution in [0.2, 0.25) is 0 Å². The van der Waals surface area contributed by atoms with Gasteiger partial charge in [0.05, 0.1) is 17.0 Å². The largest absolute Gasteiger partial charge is 0.492 e. The summed E-state index contributed by atoms with van der Waals surface area (Å²) in [6, 6.07) is 10.4. The van der Waals surface area contributed by atoms with Crippen LogP contribution in [-0.2, 0) is 17.8 Å². The molecule has 10 heteroatoms.